The number of halogens is 1. The number of carboxylic acid groups (broad SMARTS) is 1. The highest BCUT2D eigenvalue weighted by molar-refractivity contribution is 6.03. The summed E-state index contributed by atoms with van der Waals surface area (Å²) in [5, 5.41) is 12.7. The topological polar surface area (TPSA) is 119 Å². The number of nitrogens with zero attached hydrogens (tertiary/aromatic N) is 2. The monoisotopic (exact) mass is 466 g/mol. The molecule has 8 nitrogen and oxygen atoms in total. The Hall–Kier alpha value is -3.62. The molecule has 0 unspecified atom stereocenters. The zero-order chi connectivity index (χ0) is 23.9. The second kappa shape index (κ2) is 8.62. The van der Waals surface area contributed by atoms with Crippen LogP contribution in [0.2, 0.25) is 0 Å². The predicted octanol–water partition coefficient (Wildman–Crippen LogP) is 3.91. The number of nitrogen functional groups attached to an aromatic ring is 1. The quantitative estimate of drug-likeness (QED) is 0.372. The van der Waals surface area contributed by atoms with Crippen molar-refractivity contribution < 1.29 is 19.0 Å². The molecule has 1 aliphatic heterocycles. The Labute approximate surface area is 195 Å². The van der Waals surface area contributed by atoms with Gasteiger partial charge in [-0.3, -0.25) is 9.78 Å². The summed E-state index contributed by atoms with van der Waals surface area (Å²) < 4.78 is 23.4. The van der Waals surface area contributed by atoms with Crippen LogP contribution < -0.4 is 21.2 Å². The van der Waals surface area contributed by atoms with E-state index in [1.165, 1.54) is 6.20 Å². The number of aromatic nitrogens is 2. The zero-order valence-corrected chi connectivity index (χ0v) is 18.8. The summed E-state index contributed by atoms with van der Waals surface area (Å²) in [6.45, 7) is 0.775. The molecule has 0 amide bonds. The number of ether oxygens (including phenoxy) is 1. The minimum atomic E-state index is -1.35. The summed E-state index contributed by atoms with van der Waals surface area (Å²) in [6, 6.07) is 5.71. The lowest BCUT2D eigenvalue weighted by atomic mass is 9.92. The molecule has 1 fully saturated rings. The fourth-order valence-corrected chi connectivity index (χ4v) is 5.39. The van der Waals surface area contributed by atoms with E-state index in [4.69, 9.17) is 10.5 Å². The van der Waals surface area contributed by atoms with E-state index < -0.39 is 22.8 Å². The molecule has 0 saturated heterocycles. The van der Waals surface area contributed by atoms with Crippen LogP contribution in [0.5, 0.6) is 5.75 Å². The first-order chi connectivity index (χ1) is 16.4. The van der Waals surface area contributed by atoms with Gasteiger partial charge in [-0.15, -0.1) is 0 Å². The third-order valence-electron chi connectivity index (χ3n) is 7.10. The van der Waals surface area contributed by atoms with E-state index in [0.29, 0.717) is 37.9 Å². The first kappa shape index (κ1) is 22.2. The second-order valence-corrected chi connectivity index (χ2v) is 9.08. The lowest BCUT2D eigenvalue weighted by Crippen LogP contribution is -2.33. The van der Waals surface area contributed by atoms with Gasteiger partial charge in [-0.25, -0.2) is 9.18 Å². The molecule has 178 valence electrons. The normalized spacial score (nSPS) is 16.4. The third-order valence-corrected chi connectivity index (χ3v) is 7.10. The van der Waals surface area contributed by atoms with Crippen LogP contribution in [0.15, 0.2) is 35.4 Å². The maximum absolute atomic E-state index is 15.5. The van der Waals surface area contributed by atoms with Crippen LogP contribution in [-0.4, -0.2) is 33.8 Å². The van der Waals surface area contributed by atoms with Crippen molar-refractivity contribution in [1.82, 2.24) is 9.55 Å². The Balaban J connectivity index is 1.63. The molecule has 4 N–H and O–H groups in total. The maximum atomic E-state index is 15.5. The van der Waals surface area contributed by atoms with Crippen molar-refractivity contribution in [3.63, 3.8) is 0 Å². The van der Waals surface area contributed by atoms with Crippen molar-refractivity contribution in [2.45, 2.75) is 50.5 Å². The van der Waals surface area contributed by atoms with E-state index in [1.54, 1.807) is 6.20 Å². The lowest BCUT2D eigenvalue weighted by Gasteiger charge is -2.32. The Kier molecular flexibility index (Phi) is 5.63. The minimum absolute atomic E-state index is 0.109. The highest BCUT2D eigenvalue weighted by atomic mass is 19.1. The van der Waals surface area contributed by atoms with Crippen LogP contribution in [0.25, 0.3) is 10.9 Å². The third kappa shape index (κ3) is 3.55. The van der Waals surface area contributed by atoms with Gasteiger partial charge >= 0.3 is 5.97 Å². The number of rotatable bonds is 6. The Morgan fingerprint density at radius 1 is 1.29 bits per heavy atom. The molecule has 1 aliphatic carbocycles. The SMILES string of the molecule is Nc1c(F)c(NCCCc2ccccn2)c2c3c1c(=O)c(C(=O)O)cn3C1(CCCC1)CCO2. The van der Waals surface area contributed by atoms with Gasteiger partial charge in [0, 0.05) is 36.6 Å². The van der Waals surface area contributed by atoms with Gasteiger partial charge in [-0.2, -0.15) is 0 Å². The Bertz CT molecular complexity index is 1320. The average Bonchev–Trinajstić information content (AvgIpc) is 3.24. The van der Waals surface area contributed by atoms with Crippen LogP contribution >= 0.6 is 0 Å². The number of hydrogen-bond donors (Lipinski definition) is 3. The van der Waals surface area contributed by atoms with Gasteiger partial charge in [0.2, 0.25) is 5.43 Å². The molecule has 2 aliphatic rings. The van der Waals surface area contributed by atoms with Gasteiger partial charge in [0.25, 0.3) is 0 Å². The number of aromatic carboxylic acids is 1. The van der Waals surface area contributed by atoms with Crippen molar-refractivity contribution >= 4 is 28.2 Å². The number of nitrogens with two attached hydrogens (primary N) is 1. The van der Waals surface area contributed by atoms with Crippen LogP contribution in [0.4, 0.5) is 15.8 Å². The van der Waals surface area contributed by atoms with E-state index in [-0.39, 0.29) is 28.0 Å². The number of aryl methyl sites for hydroxylation is 1. The smallest absolute Gasteiger partial charge is 0.341 e. The molecule has 1 spiro atoms. The highest BCUT2D eigenvalue weighted by Gasteiger charge is 2.40. The number of carboxylic acids is 1. The van der Waals surface area contributed by atoms with Crippen molar-refractivity contribution in [1.29, 1.82) is 0 Å². The van der Waals surface area contributed by atoms with Crippen LogP contribution in [-0.2, 0) is 12.0 Å². The Morgan fingerprint density at radius 2 is 2.09 bits per heavy atom. The summed E-state index contributed by atoms with van der Waals surface area (Å²) >= 11 is 0. The number of benzene rings is 1. The zero-order valence-electron chi connectivity index (χ0n) is 18.8. The largest absolute Gasteiger partial charge is 0.489 e. The summed E-state index contributed by atoms with van der Waals surface area (Å²) in [7, 11) is 0. The van der Waals surface area contributed by atoms with Crippen molar-refractivity contribution in [3.05, 3.63) is 57.9 Å². The van der Waals surface area contributed by atoms with Crippen LogP contribution in [0.3, 0.4) is 0 Å². The van der Waals surface area contributed by atoms with E-state index >= 15 is 4.39 Å². The molecule has 0 radical (unpaired) electrons. The Morgan fingerprint density at radius 3 is 2.79 bits per heavy atom. The summed E-state index contributed by atoms with van der Waals surface area (Å²) in [5.41, 5.74) is 5.63. The van der Waals surface area contributed by atoms with Crippen LogP contribution in [0.1, 0.15) is 54.6 Å². The predicted molar refractivity (Wildman–Crippen MR) is 127 cm³/mol. The highest BCUT2D eigenvalue weighted by Crippen LogP contribution is 2.48. The van der Waals surface area contributed by atoms with E-state index in [0.717, 1.165) is 31.4 Å². The molecule has 3 aromatic rings. The lowest BCUT2D eigenvalue weighted by molar-refractivity contribution is 0.0694. The van der Waals surface area contributed by atoms with Gasteiger partial charge in [0.1, 0.15) is 11.3 Å². The van der Waals surface area contributed by atoms with Gasteiger partial charge in [0.05, 0.1) is 23.2 Å². The number of hydrogen-bond acceptors (Lipinski definition) is 6. The second-order valence-electron chi connectivity index (χ2n) is 9.08. The van der Waals surface area contributed by atoms with Gasteiger partial charge in [0.15, 0.2) is 11.6 Å². The molecule has 9 heteroatoms. The maximum Gasteiger partial charge on any atom is 0.341 e. The first-order valence-corrected chi connectivity index (χ1v) is 11.6. The molecule has 2 aromatic heterocycles. The van der Waals surface area contributed by atoms with Crippen molar-refractivity contribution in [2.75, 3.05) is 24.2 Å². The molecular weight excluding hydrogens is 439 g/mol. The van der Waals surface area contributed by atoms with Crippen molar-refractivity contribution in [2.24, 2.45) is 0 Å². The molecular formula is C25H27FN4O4. The number of anilines is 2. The average molecular weight is 467 g/mol. The first-order valence-electron chi connectivity index (χ1n) is 11.6. The van der Waals surface area contributed by atoms with Gasteiger partial charge < -0.3 is 25.5 Å². The number of fused-ring (bicyclic) bond motifs is 1. The number of pyridine rings is 2. The molecule has 5 rings (SSSR count). The van der Waals surface area contributed by atoms with Gasteiger partial charge in [-0.1, -0.05) is 18.9 Å². The summed E-state index contributed by atoms with van der Waals surface area (Å²) in [4.78, 5) is 29.3. The molecule has 0 atom stereocenters. The van der Waals surface area contributed by atoms with Gasteiger partial charge in [-0.05, 0) is 37.8 Å². The summed E-state index contributed by atoms with van der Waals surface area (Å²) in [5.74, 6) is -1.93. The molecule has 1 aromatic carbocycles. The fraction of sp³-hybridized carbons (Fsp3) is 0.400. The number of nitrogens with one attached hydrogen (secondary N) is 1. The molecule has 34 heavy (non-hydrogen) atoms. The van der Waals surface area contributed by atoms with E-state index in [9.17, 15) is 14.7 Å². The van der Waals surface area contributed by atoms with Crippen LogP contribution in [0, 0.1) is 5.82 Å². The standard InChI is InChI=1S/C25H27FN4O4/c26-18-19(27)17-21-23(20(18)29-12-5-7-15-6-1-4-11-28-15)34-13-10-25(8-2-3-9-25)30(21)14-16(22(17)31)24(32)33/h1,4,6,11,14,29H,2-3,5,7-10,12-13,27H2,(H,32,33). The van der Waals surface area contributed by atoms with Crippen molar-refractivity contribution in [3.8, 4) is 5.75 Å². The summed E-state index contributed by atoms with van der Waals surface area (Å²) in [6.07, 6.45) is 8.82. The molecule has 1 saturated carbocycles. The molecule has 0 bridgehead atoms. The molecule has 3 heterocycles. The van der Waals surface area contributed by atoms with E-state index in [1.807, 2.05) is 22.8 Å². The minimum Gasteiger partial charge on any atom is -0.489 e. The number of carbonyl (C=O) groups is 1. The van der Waals surface area contributed by atoms with E-state index in [2.05, 4.69) is 10.3 Å². The fourth-order valence-electron chi connectivity index (χ4n) is 5.39.